The van der Waals surface area contributed by atoms with Crippen LogP contribution in [0.5, 0.6) is 0 Å². The Morgan fingerprint density at radius 2 is 1.76 bits per heavy atom. The Morgan fingerprint density at radius 1 is 1.07 bits per heavy atom. The number of methoxy groups -OCH3 is 1. The third kappa shape index (κ3) is 5.22. The van der Waals surface area contributed by atoms with Gasteiger partial charge in [-0.3, -0.25) is 9.59 Å². The summed E-state index contributed by atoms with van der Waals surface area (Å²) >= 11 is 0. The molecule has 0 aromatic heterocycles. The number of ether oxygens (including phenoxy) is 1. The van der Waals surface area contributed by atoms with Gasteiger partial charge in [-0.15, -0.1) is 0 Å². The fourth-order valence-corrected chi connectivity index (χ4v) is 3.59. The number of carbonyl (C=O) groups is 3. The lowest BCUT2D eigenvalue weighted by Crippen LogP contribution is -2.34. The minimum absolute atomic E-state index is 0.0300. The lowest BCUT2D eigenvalue weighted by molar-refractivity contribution is -0.135. The highest BCUT2D eigenvalue weighted by atomic mass is 16.5. The summed E-state index contributed by atoms with van der Waals surface area (Å²) in [5.74, 6) is -0.689. The van der Waals surface area contributed by atoms with Crippen molar-refractivity contribution in [2.24, 2.45) is 5.92 Å². The van der Waals surface area contributed by atoms with Crippen LogP contribution in [0.2, 0.25) is 0 Å². The lowest BCUT2D eigenvalue weighted by Gasteiger charge is -2.21. The van der Waals surface area contributed by atoms with Crippen molar-refractivity contribution in [2.45, 2.75) is 19.4 Å². The fourth-order valence-electron chi connectivity index (χ4n) is 3.59. The van der Waals surface area contributed by atoms with Crippen LogP contribution in [-0.4, -0.2) is 54.8 Å². The van der Waals surface area contributed by atoms with Crippen LogP contribution in [-0.2, 0) is 27.3 Å². The van der Waals surface area contributed by atoms with Gasteiger partial charge in [0.15, 0.2) is 0 Å². The van der Waals surface area contributed by atoms with E-state index in [1.807, 2.05) is 42.5 Å². The smallest absolute Gasteiger partial charge is 0.337 e. The molecule has 1 unspecified atom stereocenters. The first-order chi connectivity index (χ1) is 14.0. The van der Waals surface area contributed by atoms with E-state index in [0.29, 0.717) is 25.2 Å². The van der Waals surface area contributed by atoms with E-state index in [4.69, 9.17) is 4.74 Å². The molecule has 1 atom stereocenters. The zero-order chi connectivity index (χ0) is 20.8. The maximum absolute atomic E-state index is 12.8. The van der Waals surface area contributed by atoms with Crippen LogP contribution in [0, 0.1) is 5.92 Å². The summed E-state index contributed by atoms with van der Waals surface area (Å²) in [6, 6.07) is 17.0. The molecule has 2 aromatic rings. The average molecular weight is 394 g/mol. The molecule has 0 bridgehead atoms. The van der Waals surface area contributed by atoms with Gasteiger partial charge in [0.25, 0.3) is 0 Å². The Balaban J connectivity index is 1.53. The molecule has 6 heteroatoms. The molecule has 0 saturated carbocycles. The van der Waals surface area contributed by atoms with E-state index in [2.05, 4.69) is 0 Å². The lowest BCUT2D eigenvalue weighted by atomic mass is 10.1. The zero-order valence-corrected chi connectivity index (χ0v) is 16.8. The molecular weight excluding hydrogens is 368 g/mol. The minimum atomic E-state index is -0.388. The van der Waals surface area contributed by atoms with Crippen molar-refractivity contribution in [2.75, 3.05) is 27.2 Å². The second-order valence-corrected chi connectivity index (χ2v) is 7.36. The minimum Gasteiger partial charge on any atom is -0.465 e. The second kappa shape index (κ2) is 9.37. The van der Waals surface area contributed by atoms with Crippen LogP contribution < -0.4 is 0 Å². The highest BCUT2D eigenvalue weighted by Gasteiger charge is 2.35. The predicted octanol–water partition coefficient (Wildman–Crippen LogP) is 2.52. The molecule has 1 heterocycles. The molecule has 0 N–H and O–H groups in total. The number of likely N-dealkylation sites (tertiary alicyclic amines) is 1. The van der Waals surface area contributed by atoms with E-state index in [0.717, 1.165) is 12.0 Å². The number of hydrogen-bond donors (Lipinski definition) is 0. The summed E-state index contributed by atoms with van der Waals surface area (Å²) in [6.07, 6.45) is 1.05. The number of nitrogens with zero attached hydrogens (tertiary/aromatic N) is 2. The number of esters is 1. The summed E-state index contributed by atoms with van der Waals surface area (Å²) in [7, 11) is 3.09. The van der Waals surface area contributed by atoms with Crippen LogP contribution in [0.25, 0.3) is 0 Å². The Morgan fingerprint density at radius 3 is 2.41 bits per heavy atom. The van der Waals surface area contributed by atoms with Crippen LogP contribution >= 0.6 is 0 Å². The molecule has 29 heavy (non-hydrogen) atoms. The van der Waals surface area contributed by atoms with Crippen molar-refractivity contribution in [3.63, 3.8) is 0 Å². The van der Waals surface area contributed by atoms with Crippen LogP contribution in [0.15, 0.2) is 54.6 Å². The third-order valence-electron chi connectivity index (χ3n) is 5.25. The molecular formula is C23H26N2O4. The van der Waals surface area contributed by atoms with Crippen LogP contribution in [0.3, 0.4) is 0 Å². The number of rotatable bonds is 7. The standard InChI is InChI=1S/C23H26N2O4/c1-24(15-18-8-10-19(11-9-18)23(28)29-2)22(27)20-14-21(26)25(16-20)13-12-17-6-4-3-5-7-17/h3-11,20H,12-16H2,1-2H3. The monoisotopic (exact) mass is 394 g/mol. The van der Waals surface area contributed by atoms with Gasteiger partial charge in [-0.1, -0.05) is 42.5 Å². The summed E-state index contributed by atoms with van der Waals surface area (Å²) in [5.41, 5.74) is 2.57. The molecule has 152 valence electrons. The number of carbonyl (C=O) groups excluding carboxylic acids is 3. The van der Waals surface area contributed by atoms with Crippen LogP contribution in [0.1, 0.15) is 27.9 Å². The van der Waals surface area contributed by atoms with Crippen LogP contribution in [0.4, 0.5) is 0 Å². The van der Waals surface area contributed by atoms with Gasteiger partial charge in [0.05, 0.1) is 18.6 Å². The van der Waals surface area contributed by atoms with Crippen molar-refractivity contribution in [3.8, 4) is 0 Å². The maximum Gasteiger partial charge on any atom is 0.337 e. The normalized spacial score (nSPS) is 16.0. The molecule has 0 spiro atoms. The first-order valence-electron chi connectivity index (χ1n) is 9.72. The van der Waals surface area contributed by atoms with Gasteiger partial charge in [-0.2, -0.15) is 0 Å². The summed E-state index contributed by atoms with van der Waals surface area (Å²) in [5, 5.41) is 0. The highest BCUT2D eigenvalue weighted by molar-refractivity contribution is 5.90. The number of benzene rings is 2. The Hall–Kier alpha value is -3.15. The summed E-state index contributed by atoms with van der Waals surface area (Å²) in [4.78, 5) is 40.1. The van der Waals surface area contributed by atoms with E-state index in [1.165, 1.54) is 12.7 Å². The van der Waals surface area contributed by atoms with Crippen molar-refractivity contribution in [1.29, 1.82) is 0 Å². The van der Waals surface area contributed by atoms with Gasteiger partial charge in [0.2, 0.25) is 11.8 Å². The van der Waals surface area contributed by atoms with E-state index in [9.17, 15) is 14.4 Å². The van der Waals surface area contributed by atoms with E-state index in [1.54, 1.807) is 29.0 Å². The summed E-state index contributed by atoms with van der Waals surface area (Å²) in [6.45, 7) is 1.52. The SMILES string of the molecule is COC(=O)c1ccc(CN(C)C(=O)C2CC(=O)N(CCc3ccccc3)C2)cc1. The van der Waals surface area contributed by atoms with E-state index < -0.39 is 0 Å². The quantitative estimate of drug-likeness (QED) is 0.677. The largest absolute Gasteiger partial charge is 0.465 e. The predicted molar refractivity (Wildman–Crippen MR) is 109 cm³/mol. The Kier molecular flexibility index (Phi) is 6.65. The Bertz CT molecular complexity index is 864. The van der Waals surface area contributed by atoms with Gasteiger partial charge >= 0.3 is 5.97 Å². The van der Waals surface area contributed by atoms with E-state index in [-0.39, 0.29) is 30.1 Å². The van der Waals surface area contributed by atoms with Crippen molar-refractivity contribution in [3.05, 3.63) is 71.3 Å². The molecule has 2 aromatic carbocycles. The first kappa shape index (κ1) is 20.6. The van der Waals surface area contributed by atoms with Crippen molar-refractivity contribution < 1.29 is 19.1 Å². The third-order valence-corrected chi connectivity index (χ3v) is 5.25. The summed E-state index contributed by atoms with van der Waals surface area (Å²) < 4.78 is 4.69. The number of amides is 2. The first-order valence-corrected chi connectivity index (χ1v) is 9.72. The van der Waals surface area contributed by atoms with Gasteiger partial charge in [0, 0.05) is 33.1 Å². The molecule has 2 amide bonds. The van der Waals surface area contributed by atoms with Gasteiger partial charge in [0.1, 0.15) is 0 Å². The molecule has 1 saturated heterocycles. The fraction of sp³-hybridized carbons (Fsp3) is 0.348. The van der Waals surface area contributed by atoms with Gasteiger partial charge < -0.3 is 14.5 Å². The van der Waals surface area contributed by atoms with Crippen molar-refractivity contribution in [1.82, 2.24) is 9.80 Å². The van der Waals surface area contributed by atoms with E-state index >= 15 is 0 Å². The van der Waals surface area contributed by atoms with Gasteiger partial charge in [-0.25, -0.2) is 4.79 Å². The van der Waals surface area contributed by atoms with Crippen molar-refractivity contribution >= 4 is 17.8 Å². The number of hydrogen-bond acceptors (Lipinski definition) is 4. The molecule has 0 aliphatic carbocycles. The molecule has 1 aliphatic heterocycles. The zero-order valence-electron chi connectivity index (χ0n) is 16.8. The topological polar surface area (TPSA) is 66.9 Å². The highest BCUT2D eigenvalue weighted by Crippen LogP contribution is 2.21. The molecule has 3 rings (SSSR count). The maximum atomic E-state index is 12.8. The molecule has 1 fully saturated rings. The molecule has 1 aliphatic rings. The second-order valence-electron chi connectivity index (χ2n) is 7.36. The molecule has 6 nitrogen and oxygen atoms in total. The Labute approximate surface area is 171 Å². The molecule has 0 radical (unpaired) electrons. The van der Waals surface area contributed by atoms with Gasteiger partial charge in [-0.05, 0) is 29.7 Å². The average Bonchev–Trinajstić information content (AvgIpc) is 3.12.